The van der Waals surface area contributed by atoms with Crippen molar-refractivity contribution < 1.29 is 23.0 Å². The highest BCUT2D eigenvalue weighted by Crippen LogP contribution is 2.30. The molecule has 1 N–H and O–H groups in total. The Morgan fingerprint density at radius 3 is 2.67 bits per heavy atom. The number of nitrogens with zero attached hydrogens (tertiary/aromatic N) is 2. The van der Waals surface area contributed by atoms with Gasteiger partial charge in [0.1, 0.15) is 10.2 Å². The molecule has 2 aromatic rings. The highest BCUT2D eigenvalue weighted by molar-refractivity contribution is 6.41. The molecule has 0 aliphatic carbocycles. The Morgan fingerprint density at radius 2 is 2.07 bits per heavy atom. The summed E-state index contributed by atoms with van der Waals surface area (Å²) in [5.41, 5.74) is 0.913. The molecular weight excluding hydrogens is 403 g/mol. The molecular formula is C17H19Cl2F2N3O3. The van der Waals surface area contributed by atoms with Gasteiger partial charge in [0.25, 0.3) is 5.91 Å². The van der Waals surface area contributed by atoms with Gasteiger partial charge in [0.2, 0.25) is 0 Å². The second-order valence-corrected chi connectivity index (χ2v) is 6.23. The van der Waals surface area contributed by atoms with Crippen LogP contribution in [0.1, 0.15) is 29.4 Å². The number of nitrogens with one attached hydrogen (secondary N) is 1. The van der Waals surface area contributed by atoms with Crippen LogP contribution in [-0.2, 0) is 6.54 Å². The summed E-state index contributed by atoms with van der Waals surface area (Å²) in [6.07, 6.45) is 0.577. The Bertz CT molecular complexity index is 800. The summed E-state index contributed by atoms with van der Waals surface area (Å²) in [7, 11) is 0. The summed E-state index contributed by atoms with van der Waals surface area (Å²) in [5, 5.41) is 7.71. The van der Waals surface area contributed by atoms with Gasteiger partial charge in [-0.15, -0.1) is 0 Å². The summed E-state index contributed by atoms with van der Waals surface area (Å²) in [6.45, 7) is 1.58. The van der Waals surface area contributed by atoms with E-state index in [2.05, 4.69) is 15.2 Å². The topological polar surface area (TPSA) is 65.4 Å². The standard InChI is InChI=1S/C17H19Cl2F2N3O3/c1-3-26-13-9-11(5-6-12(13)27-17(20)21)16(25)22-7-4-8-24-15(19)14(18)10(2)23-24/h5-6,9,17H,3-4,7-8H2,1-2H3,(H,22,25). The number of aromatic nitrogens is 2. The van der Waals surface area contributed by atoms with E-state index in [4.69, 9.17) is 27.9 Å². The van der Waals surface area contributed by atoms with Crippen molar-refractivity contribution in [2.45, 2.75) is 33.4 Å². The minimum atomic E-state index is -2.98. The van der Waals surface area contributed by atoms with Gasteiger partial charge in [0.05, 0.1) is 12.3 Å². The number of alkyl halides is 2. The Hall–Kier alpha value is -2.06. The van der Waals surface area contributed by atoms with Crippen LogP contribution in [0, 0.1) is 6.92 Å². The fraction of sp³-hybridized carbons (Fsp3) is 0.412. The molecule has 6 nitrogen and oxygen atoms in total. The molecule has 148 valence electrons. The first-order valence-electron chi connectivity index (χ1n) is 8.21. The highest BCUT2D eigenvalue weighted by atomic mass is 35.5. The lowest BCUT2D eigenvalue weighted by Crippen LogP contribution is -2.25. The molecule has 1 heterocycles. The molecule has 0 spiro atoms. The Kier molecular flexibility index (Phi) is 7.67. The average Bonchev–Trinajstić information content (AvgIpc) is 2.86. The first kappa shape index (κ1) is 21.2. The third kappa shape index (κ3) is 5.71. The molecule has 0 atom stereocenters. The van der Waals surface area contributed by atoms with E-state index >= 15 is 0 Å². The number of amides is 1. The van der Waals surface area contributed by atoms with Gasteiger partial charge in [-0.05, 0) is 38.5 Å². The second-order valence-electron chi connectivity index (χ2n) is 5.50. The highest BCUT2D eigenvalue weighted by Gasteiger charge is 2.15. The molecule has 0 aliphatic rings. The van der Waals surface area contributed by atoms with Gasteiger partial charge in [-0.1, -0.05) is 23.2 Å². The van der Waals surface area contributed by atoms with Gasteiger partial charge in [-0.3, -0.25) is 9.48 Å². The van der Waals surface area contributed by atoms with E-state index in [0.717, 1.165) is 0 Å². The zero-order valence-electron chi connectivity index (χ0n) is 14.8. The Labute approximate surface area is 165 Å². The van der Waals surface area contributed by atoms with Crippen LogP contribution >= 0.6 is 23.2 Å². The van der Waals surface area contributed by atoms with Crippen molar-refractivity contribution in [2.24, 2.45) is 0 Å². The van der Waals surface area contributed by atoms with Crippen molar-refractivity contribution in [1.29, 1.82) is 0 Å². The predicted molar refractivity (Wildman–Crippen MR) is 98.2 cm³/mol. The number of benzene rings is 1. The molecule has 1 amide bonds. The smallest absolute Gasteiger partial charge is 0.387 e. The van der Waals surface area contributed by atoms with Gasteiger partial charge in [0, 0.05) is 18.7 Å². The summed E-state index contributed by atoms with van der Waals surface area (Å²) < 4.78 is 36.0. The maximum atomic E-state index is 12.4. The maximum Gasteiger partial charge on any atom is 0.387 e. The van der Waals surface area contributed by atoms with Crippen LogP contribution in [0.5, 0.6) is 11.5 Å². The molecule has 0 saturated heterocycles. The lowest BCUT2D eigenvalue weighted by molar-refractivity contribution is -0.0514. The van der Waals surface area contributed by atoms with Crippen LogP contribution in [0.2, 0.25) is 10.2 Å². The monoisotopic (exact) mass is 421 g/mol. The van der Waals surface area contributed by atoms with E-state index in [1.54, 1.807) is 18.5 Å². The van der Waals surface area contributed by atoms with Crippen molar-refractivity contribution in [1.82, 2.24) is 15.1 Å². The van der Waals surface area contributed by atoms with E-state index in [1.807, 2.05) is 0 Å². The van der Waals surface area contributed by atoms with Crippen LogP contribution in [0.4, 0.5) is 8.78 Å². The first-order chi connectivity index (χ1) is 12.8. The minimum Gasteiger partial charge on any atom is -0.490 e. The predicted octanol–water partition coefficient (Wildman–Crippen LogP) is 4.32. The lowest BCUT2D eigenvalue weighted by Gasteiger charge is -2.13. The molecule has 0 fully saturated rings. The largest absolute Gasteiger partial charge is 0.490 e. The van der Waals surface area contributed by atoms with Gasteiger partial charge in [-0.2, -0.15) is 13.9 Å². The molecule has 0 radical (unpaired) electrons. The van der Waals surface area contributed by atoms with Gasteiger partial charge < -0.3 is 14.8 Å². The van der Waals surface area contributed by atoms with Gasteiger partial charge in [-0.25, -0.2) is 0 Å². The molecule has 2 rings (SSSR count). The summed E-state index contributed by atoms with van der Waals surface area (Å²) in [4.78, 5) is 12.2. The van der Waals surface area contributed by atoms with Crippen LogP contribution in [-0.4, -0.2) is 35.5 Å². The molecule has 1 aromatic carbocycles. The average molecular weight is 422 g/mol. The SMILES string of the molecule is CCOc1cc(C(=O)NCCCn2nc(C)c(Cl)c2Cl)ccc1OC(F)F. The summed E-state index contributed by atoms with van der Waals surface area (Å²) in [5.74, 6) is -0.400. The fourth-order valence-corrected chi connectivity index (χ4v) is 2.72. The number of rotatable bonds is 9. The summed E-state index contributed by atoms with van der Waals surface area (Å²) >= 11 is 12.0. The fourth-order valence-electron chi connectivity index (χ4n) is 2.32. The maximum absolute atomic E-state index is 12.4. The molecule has 10 heteroatoms. The molecule has 1 aromatic heterocycles. The van der Waals surface area contributed by atoms with Crippen LogP contribution in [0.15, 0.2) is 18.2 Å². The first-order valence-corrected chi connectivity index (χ1v) is 8.97. The zero-order valence-corrected chi connectivity index (χ0v) is 16.3. The van der Waals surface area contributed by atoms with Crippen molar-refractivity contribution in [3.8, 4) is 11.5 Å². The van der Waals surface area contributed by atoms with Crippen LogP contribution in [0.25, 0.3) is 0 Å². The van der Waals surface area contributed by atoms with E-state index in [0.29, 0.717) is 35.4 Å². The van der Waals surface area contributed by atoms with E-state index in [1.165, 1.54) is 18.2 Å². The number of carbonyl (C=O) groups is 1. The van der Waals surface area contributed by atoms with Gasteiger partial charge in [0.15, 0.2) is 11.5 Å². The lowest BCUT2D eigenvalue weighted by atomic mass is 10.2. The van der Waals surface area contributed by atoms with E-state index in [-0.39, 0.29) is 29.6 Å². The second kappa shape index (κ2) is 9.75. The van der Waals surface area contributed by atoms with Gasteiger partial charge >= 0.3 is 6.61 Å². The molecule has 0 unspecified atom stereocenters. The molecule has 0 aliphatic heterocycles. The number of hydrogen-bond acceptors (Lipinski definition) is 4. The number of hydrogen-bond donors (Lipinski definition) is 1. The number of carbonyl (C=O) groups excluding carboxylic acids is 1. The zero-order chi connectivity index (χ0) is 20.0. The third-order valence-corrected chi connectivity index (χ3v) is 4.48. The quantitative estimate of drug-likeness (QED) is 0.612. The number of ether oxygens (including phenoxy) is 2. The number of aryl methyl sites for hydroxylation is 2. The Balaban J connectivity index is 1.93. The summed E-state index contributed by atoms with van der Waals surface area (Å²) in [6, 6.07) is 4.04. The van der Waals surface area contributed by atoms with E-state index in [9.17, 15) is 13.6 Å². The van der Waals surface area contributed by atoms with Crippen molar-refractivity contribution in [3.63, 3.8) is 0 Å². The van der Waals surface area contributed by atoms with E-state index < -0.39 is 6.61 Å². The Morgan fingerprint density at radius 1 is 1.33 bits per heavy atom. The molecule has 0 bridgehead atoms. The third-order valence-electron chi connectivity index (χ3n) is 3.55. The van der Waals surface area contributed by atoms with Crippen molar-refractivity contribution in [3.05, 3.63) is 39.6 Å². The van der Waals surface area contributed by atoms with Crippen LogP contribution in [0.3, 0.4) is 0 Å². The van der Waals surface area contributed by atoms with Crippen molar-refractivity contribution in [2.75, 3.05) is 13.2 Å². The normalized spacial score (nSPS) is 10.9. The van der Waals surface area contributed by atoms with Crippen LogP contribution < -0.4 is 14.8 Å². The molecule has 0 saturated carbocycles. The van der Waals surface area contributed by atoms with Crippen molar-refractivity contribution >= 4 is 29.1 Å². The minimum absolute atomic E-state index is 0.0823. The number of halogens is 4. The molecule has 27 heavy (non-hydrogen) atoms.